The molecule has 0 bridgehead atoms. The van der Waals surface area contributed by atoms with Gasteiger partial charge in [-0.25, -0.2) is 0 Å². The van der Waals surface area contributed by atoms with Gasteiger partial charge in [0.25, 0.3) is 0 Å². The first-order chi connectivity index (χ1) is 19.5. The van der Waals surface area contributed by atoms with Crippen LogP contribution in [0.3, 0.4) is 0 Å². The van der Waals surface area contributed by atoms with Gasteiger partial charge in [0.15, 0.2) is 22.9 Å². The zero-order chi connectivity index (χ0) is 30.0. The lowest BCUT2D eigenvalue weighted by molar-refractivity contribution is -0.137. The molecule has 2 saturated heterocycles. The highest BCUT2D eigenvalue weighted by molar-refractivity contribution is 6.74. The van der Waals surface area contributed by atoms with Crippen molar-refractivity contribution in [3.63, 3.8) is 0 Å². The van der Waals surface area contributed by atoms with Crippen molar-refractivity contribution in [2.24, 2.45) is 11.8 Å². The van der Waals surface area contributed by atoms with Gasteiger partial charge >= 0.3 is 6.18 Å². The maximum Gasteiger partial charge on any atom is 0.416 e. The van der Waals surface area contributed by atoms with Crippen LogP contribution in [0.15, 0.2) is 24.3 Å². The normalized spacial score (nSPS) is 30.8. The molecule has 4 rings (SSSR count). The first-order valence-corrected chi connectivity index (χ1v) is 20.7. The molecule has 1 aromatic carbocycles. The Balaban J connectivity index is 1.56. The molecule has 234 valence electrons. The third-order valence-corrected chi connectivity index (χ3v) is 19.6. The fraction of sp³-hybridized carbons (Fsp3) is 0.800. The summed E-state index contributed by atoms with van der Waals surface area (Å²) in [6, 6.07) is 11.0. The van der Waals surface area contributed by atoms with Crippen LogP contribution in [-0.4, -0.2) is 65.2 Å². The molecule has 1 aromatic rings. The molecule has 3 fully saturated rings. The van der Waals surface area contributed by atoms with Gasteiger partial charge < -0.3 is 28.2 Å². The highest BCUT2D eigenvalue weighted by Crippen LogP contribution is 2.52. The summed E-state index contributed by atoms with van der Waals surface area (Å²) in [5.41, 5.74) is -0.736. The highest BCUT2D eigenvalue weighted by atomic mass is 28.4. The number of aliphatic hydroxyl groups is 1. The zero-order valence-electron chi connectivity index (χ0n) is 25.4. The lowest BCUT2D eigenvalue weighted by Gasteiger charge is -2.35. The Bertz CT molecular complexity index is 973. The summed E-state index contributed by atoms with van der Waals surface area (Å²) < 4.78 is 72.2. The molecule has 0 amide bonds. The minimum atomic E-state index is -4.44. The molecule has 2 aliphatic heterocycles. The Labute approximate surface area is 245 Å². The molecule has 2 heterocycles. The van der Waals surface area contributed by atoms with Gasteiger partial charge in [0.1, 0.15) is 24.6 Å². The van der Waals surface area contributed by atoms with Crippen LogP contribution in [-0.2, 0) is 24.5 Å². The molecule has 11 heteroatoms. The average Bonchev–Trinajstić information content (AvgIpc) is 3.56. The highest BCUT2D eigenvalue weighted by Gasteiger charge is 2.62. The number of rotatable bonds is 15. The van der Waals surface area contributed by atoms with Gasteiger partial charge in [-0.1, -0.05) is 47.6 Å². The van der Waals surface area contributed by atoms with Crippen molar-refractivity contribution in [1.29, 1.82) is 0 Å². The second kappa shape index (κ2) is 13.4. The number of halogens is 3. The van der Waals surface area contributed by atoms with Gasteiger partial charge in [-0.3, -0.25) is 0 Å². The fourth-order valence-electron chi connectivity index (χ4n) is 7.15. The van der Waals surface area contributed by atoms with Gasteiger partial charge in [-0.05, 0) is 66.8 Å². The standard InChI is InChI=1S/C30H49F3O6Si2/c1-7-40(8-2,9-3)38-24-18-23-22(17-26(34)36-23)27(24)29-28(37-29)25(39-41(10-4,11-5)12-6)19-35-21-15-13-14-20(16-21)30(31,32)33/h13-16,22-29,34H,7-12,17-19H2,1-6H3/t22-,23-,24+,25-,26?,27+,28?,29+/m0/s1. The molecule has 0 aromatic heterocycles. The molecule has 8 atom stereocenters. The fourth-order valence-corrected chi connectivity index (χ4v) is 12.9. The van der Waals surface area contributed by atoms with Gasteiger partial charge in [0.2, 0.25) is 0 Å². The predicted molar refractivity (Wildman–Crippen MR) is 157 cm³/mol. The number of benzene rings is 1. The van der Waals surface area contributed by atoms with E-state index in [2.05, 4.69) is 41.5 Å². The second-order valence-corrected chi connectivity index (χ2v) is 21.5. The van der Waals surface area contributed by atoms with Gasteiger partial charge in [-0.15, -0.1) is 0 Å². The lowest BCUT2D eigenvalue weighted by atomic mass is 9.87. The van der Waals surface area contributed by atoms with Crippen molar-refractivity contribution < 1.29 is 41.3 Å². The van der Waals surface area contributed by atoms with E-state index in [4.69, 9.17) is 23.1 Å². The van der Waals surface area contributed by atoms with Crippen LogP contribution < -0.4 is 4.74 Å². The second-order valence-electron chi connectivity index (χ2n) is 12.0. The summed E-state index contributed by atoms with van der Waals surface area (Å²) in [6.45, 7) is 13.2. The van der Waals surface area contributed by atoms with Gasteiger partial charge in [0, 0.05) is 12.3 Å². The Morgan fingerprint density at radius 3 is 2.15 bits per heavy atom. The molecule has 2 unspecified atom stereocenters. The van der Waals surface area contributed by atoms with Crippen LogP contribution in [0.1, 0.15) is 59.9 Å². The number of hydrogen-bond donors (Lipinski definition) is 1. The molecule has 0 spiro atoms. The van der Waals surface area contributed by atoms with E-state index in [1.54, 1.807) is 6.07 Å². The maximum atomic E-state index is 13.3. The number of aliphatic hydroxyl groups excluding tert-OH is 1. The topological polar surface area (TPSA) is 69.7 Å². The molecule has 41 heavy (non-hydrogen) atoms. The van der Waals surface area contributed by atoms with E-state index >= 15 is 0 Å². The zero-order valence-corrected chi connectivity index (χ0v) is 27.4. The van der Waals surface area contributed by atoms with Crippen molar-refractivity contribution in [3.8, 4) is 5.75 Å². The van der Waals surface area contributed by atoms with Crippen molar-refractivity contribution in [2.75, 3.05) is 6.61 Å². The molecular weight excluding hydrogens is 569 g/mol. The monoisotopic (exact) mass is 618 g/mol. The van der Waals surface area contributed by atoms with Gasteiger partial charge in [-0.2, -0.15) is 13.2 Å². The Kier molecular flexibility index (Phi) is 10.7. The van der Waals surface area contributed by atoms with E-state index in [1.807, 2.05) is 0 Å². The minimum absolute atomic E-state index is 0.00502. The average molecular weight is 619 g/mol. The first-order valence-electron chi connectivity index (χ1n) is 15.6. The van der Waals surface area contributed by atoms with E-state index in [-0.39, 0.29) is 48.6 Å². The number of fused-ring (bicyclic) bond motifs is 1. The number of epoxide rings is 1. The van der Waals surface area contributed by atoms with Crippen LogP contribution in [0, 0.1) is 11.8 Å². The van der Waals surface area contributed by atoms with Crippen molar-refractivity contribution in [2.45, 2.75) is 134 Å². The summed E-state index contributed by atoms with van der Waals surface area (Å²) in [4.78, 5) is 0. The van der Waals surface area contributed by atoms with E-state index in [9.17, 15) is 18.3 Å². The predicted octanol–water partition coefficient (Wildman–Crippen LogP) is 7.38. The molecule has 1 saturated carbocycles. The Morgan fingerprint density at radius 2 is 1.56 bits per heavy atom. The van der Waals surface area contributed by atoms with Crippen LogP contribution >= 0.6 is 0 Å². The van der Waals surface area contributed by atoms with E-state index in [0.29, 0.717) is 6.42 Å². The van der Waals surface area contributed by atoms with Crippen LogP contribution in [0.2, 0.25) is 36.3 Å². The number of alkyl halides is 3. The van der Waals surface area contributed by atoms with Crippen molar-refractivity contribution in [1.82, 2.24) is 0 Å². The largest absolute Gasteiger partial charge is 0.491 e. The van der Waals surface area contributed by atoms with E-state index in [1.165, 1.54) is 6.07 Å². The SMILES string of the molecule is CC[Si](CC)(CC)O[C@@H](COc1cccc(C(F)(F)F)c1)C1O[C@@H]1[C@@H]1[C@H]2CC(O)O[C@H]2C[C@H]1O[Si](CC)(CC)CC. The number of hydrogen-bond acceptors (Lipinski definition) is 6. The summed E-state index contributed by atoms with van der Waals surface area (Å²) in [7, 11) is -4.00. The summed E-state index contributed by atoms with van der Waals surface area (Å²) >= 11 is 0. The van der Waals surface area contributed by atoms with Crippen molar-refractivity contribution in [3.05, 3.63) is 29.8 Å². The molecule has 0 radical (unpaired) electrons. The van der Waals surface area contributed by atoms with Crippen LogP contribution in [0.25, 0.3) is 0 Å². The first kappa shape index (κ1) is 32.9. The quantitative estimate of drug-likeness (QED) is 0.163. The van der Waals surface area contributed by atoms with Crippen LogP contribution in [0.4, 0.5) is 13.2 Å². The van der Waals surface area contributed by atoms with E-state index in [0.717, 1.165) is 54.8 Å². The Morgan fingerprint density at radius 1 is 0.927 bits per heavy atom. The molecule has 6 nitrogen and oxygen atoms in total. The third-order valence-electron chi connectivity index (χ3n) is 10.2. The van der Waals surface area contributed by atoms with Crippen molar-refractivity contribution >= 4 is 16.6 Å². The third kappa shape index (κ3) is 7.24. The number of ether oxygens (including phenoxy) is 3. The molecule has 1 N–H and O–H groups in total. The van der Waals surface area contributed by atoms with E-state index < -0.39 is 40.8 Å². The lowest BCUT2D eigenvalue weighted by Crippen LogP contribution is -2.46. The smallest absolute Gasteiger partial charge is 0.416 e. The minimum Gasteiger partial charge on any atom is -0.491 e. The van der Waals surface area contributed by atoms with Gasteiger partial charge in [0.05, 0.1) is 23.9 Å². The molecule has 1 aliphatic carbocycles. The molecular formula is C30H49F3O6Si2. The summed E-state index contributed by atoms with van der Waals surface area (Å²) in [6.07, 6.45) is -4.74. The molecule has 3 aliphatic rings. The summed E-state index contributed by atoms with van der Waals surface area (Å²) in [5.74, 6) is 0.374. The van der Waals surface area contributed by atoms with Crippen LogP contribution in [0.5, 0.6) is 5.75 Å². The maximum absolute atomic E-state index is 13.3. The summed E-state index contributed by atoms with van der Waals surface area (Å²) in [5, 5.41) is 10.3. The Hall–Kier alpha value is -0.956.